The summed E-state index contributed by atoms with van der Waals surface area (Å²) in [7, 11) is 0. The third kappa shape index (κ3) is 10.2. The van der Waals surface area contributed by atoms with E-state index in [9.17, 15) is 9.90 Å². The van der Waals surface area contributed by atoms with Crippen molar-refractivity contribution in [2.45, 2.75) is 83.7 Å². The monoisotopic (exact) mass is 293 g/mol. The number of hydrogen-bond donors (Lipinski definition) is 0. The van der Waals surface area contributed by atoms with E-state index in [-0.39, 0.29) is 6.42 Å². The average molecular weight is 293 g/mol. The maximum atomic E-state index is 10.2. The molecule has 1 atom stereocenters. The lowest BCUT2D eigenvalue weighted by Gasteiger charge is -2.01. The maximum Gasteiger partial charge on any atom is 0.155 e. The van der Waals surface area contributed by atoms with Gasteiger partial charge < -0.3 is 14.6 Å². The maximum absolute atomic E-state index is 10.2. The predicted molar refractivity (Wildman–Crippen MR) is 83.6 cm³/mol. The number of carboxylic acids is 1. The zero-order chi connectivity index (χ0) is 15.3. The zero-order valence-electron chi connectivity index (χ0n) is 13.3. The second kappa shape index (κ2) is 11.4. The quantitative estimate of drug-likeness (QED) is 0.382. The van der Waals surface area contributed by atoms with E-state index in [1.165, 1.54) is 19.3 Å². The molecule has 3 heteroatoms. The van der Waals surface area contributed by atoms with Crippen LogP contribution < -0.4 is 5.11 Å². The van der Waals surface area contributed by atoms with Crippen LogP contribution in [-0.2, 0) is 9.53 Å². The predicted octanol–water partition coefficient (Wildman–Crippen LogP) is 3.89. The van der Waals surface area contributed by atoms with E-state index >= 15 is 0 Å². The number of allylic oxidation sites excluding steroid dienone is 3. The molecule has 21 heavy (non-hydrogen) atoms. The van der Waals surface area contributed by atoms with E-state index in [0.29, 0.717) is 6.10 Å². The summed E-state index contributed by atoms with van der Waals surface area (Å²) in [5.74, 6) is 0.192. The van der Waals surface area contributed by atoms with E-state index in [1.54, 1.807) is 0 Å². The molecular weight excluding hydrogens is 264 g/mol. The van der Waals surface area contributed by atoms with E-state index in [1.807, 2.05) is 0 Å². The van der Waals surface area contributed by atoms with Crippen LogP contribution in [0.4, 0.5) is 0 Å². The summed E-state index contributed by atoms with van der Waals surface area (Å²) >= 11 is 0. The molecule has 1 saturated heterocycles. The first-order chi connectivity index (χ1) is 10.2. The zero-order valence-corrected chi connectivity index (χ0v) is 13.3. The molecule has 0 N–H and O–H groups in total. The van der Waals surface area contributed by atoms with Gasteiger partial charge in [0, 0.05) is 5.97 Å². The normalized spacial score (nSPS) is 19.1. The molecule has 0 aliphatic carbocycles. The number of ether oxygens (including phenoxy) is 1. The fraction of sp³-hybridized carbons (Fsp3) is 0.722. The van der Waals surface area contributed by atoms with Gasteiger partial charge in [-0.15, -0.1) is 0 Å². The first kappa shape index (κ1) is 17.8. The molecule has 1 aliphatic rings. The Morgan fingerprint density at radius 3 is 2.67 bits per heavy atom. The molecule has 0 aromatic rings. The highest BCUT2D eigenvalue weighted by Gasteiger charge is 2.30. The molecule has 1 rings (SSSR count). The van der Waals surface area contributed by atoms with Gasteiger partial charge in [-0.05, 0) is 44.6 Å². The summed E-state index contributed by atoms with van der Waals surface area (Å²) in [5, 5.41) is 10.2. The van der Waals surface area contributed by atoms with Crippen LogP contribution in [0, 0.1) is 0 Å². The van der Waals surface area contributed by atoms with Gasteiger partial charge in [-0.2, -0.15) is 0 Å². The van der Waals surface area contributed by atoms with Crippen molar-refractivity contribution in [2.75, 3.05) is 0 Å². The fourth-order valence-corrected chi connectivity index (χ4v) is 2.38. The van der Waals surface area contributed by atoms with E-state index in [2.05, 4.69) is 25.2 Å². The topological polar surface area (TPSA) is 52.7 Å². The van der Waals surface area contributed by atoms with Crippen LogP contribution in [0.1, 0.15) is 77.6 Å². The van der Waals surface area contributed by atoms with Crippen molar-refractivity contribution < 1.29 is 14.6 Å². The minimum absolute atomic E-state index is 0.198. The summed E-state index contributed by atoms with van der Waals surface area (Å²) in [6.07, 6.45) is 18.2. The summed E-state index contributed by atoms with van der Waals surface area (Å²) in [6, 6.07) is 0. The van der Waals surface area contributed by atoms with Crippen molar-refractivity contribution in [3.8, 4) is 0 Å². The number of carbonyl (C=O) groups is 1. The largest absolute Gasteiger partial charge is 0.550 e. The molecule has 0 aromatic heterocycles. The molecule has 0 radical (unpaired) electrons. The molecule has 0 amide bonds. The Morgan fingerprint density at radius 1 is 1.14 bits per heavy atom. The summed E-state index contributed by atoms with van der Waals surface area (Å²) in [5.41, 5.74) is 0. The number of aliphatic carboxylic acids is 1. The van der Waals surface area contributed by atoms with Crippen LogP contribution in [0.3, 0.4) is 0 Å². The molecule has 120 valence electrons. The van der Waals surface area contributed by atoms with Crippen LogP contribution in [0.5, 0.6) is 0 Å². The molecule has 0 spiro atoms. The van der Waals surface area contributed by atoms with Crippen molar-refractivity contribution in [1.29, 1.82) is 0 Å². The molecule has 3 nitrogen and oxygen atoms in total. The molecular formula is C18H29O3-. The number of carboxylic acid groups (broad SMARTS) is 1. The molecule has 0 aromatic carbocycles. The smallest absolute Gasteiger partial charge is 0.155 e. The van der Waals surface area contributed by atoms with Gasteiger partial charge in [0.2, 0.25) is 0 Å². The Balaban J connectivity index is 1.90. The van der Waals surface area contributed by atoms with E-state index in [0.717, 1.165) is 50.7 Å². The standard InChI is InChI=1S/C18H30O3/c1-2-3-4-5-7-10-13-16-17(21-16)14-11-8-6-9-12-15-18(19)20/h7,10,13,17H,2-6,8-9,11-12,14-15H2,1H3,(H,19,20)/p-1/b10-7-,16-13-. The third-order valence-corrected chi connectivity index (χ3v) is 3.76. The lowest BCUT2D eigenvalue weighted by atomic mass is 10.1. The Labute approximate surface area is 129 Å². The van der Waals surface area contributed by atoms with Gasteiger partial charge in [0.1, 0.15) is 5.76 Å². The fourth-order valence-electron chi connectivity index (χ4n) is 2.38. The van der Waals surface area contributed by atoms with Gasteiger partial charge in [-0.3, -0.25) is 0 Å². The van der Waals surface area contributed by atoms with Gasteiger partial charge >= 0.3 is 0 Å². The number of hydrogen-bond acceptors (Lipinski definition) is 3. The molecule has 0 saturated carbocycles. The molecule has 1 unspecified atom stereocenters. The van der Waals surface area contributed by atoms with Crippen LogP contribution in [-0.4, -0.2) is 12.1 Å². The van der Waals surface area contributed by atoms with Crippen LogP contribution in [0.2, 0.25) is 0 Å². The Kier molecular flexibility index (Phi) is 9.68. The minimum atomic E-state index is -0.932. The third-order valence-electron chi connectivity index (χ3n) is 3.76. The SMILES string of the molecule is CCCCC/C=C\C=C1/OC1CCCCCCCC(=O)[O-]. The highest BCUT2D eigenvalue weighted by Crippen LogP contribution is 2.31. The van der Waals surface area contributed by atoms with Crippen molar-refractivity contribution in [1.82, 2.24) is 0 Å². The summed E-state index contributed by atoms with van der Waals surface area (Å²) in [6.45, 7) is 2.22. The van der Waals surface area contributed by atoms with Crippen LogP contribution >= 0.6 is 0 Å². The number of epoxide rings is 1. The first-order valence-electron chi connectivity index (χ1n) is 8.47. The van der Waals surface area contributed by atoms with Crippen molar-refractivity contribution >= 4 is 5.97 Å². The Morgan fingerprint density at radius 2 is 1.90 bits per heavy atom. The van der Waals surface area contributed by atoms with E-state index in [4.69, 9.17) is 4.74 Å². The van der Waals surface area contributed by atoms with Gasteiger partial charge in [0.05, 0.1) is 0 Å². The van der Waals surface area contributed by atoms with Crippen molar-refractivity contribution in [3.05, 3.63) is 24.0 Å². The Bertz CT molecular complexity index is 344. The van der Waals surface area contributed by atoms with Crippen molar-refractivity contribution in [2.24, 2.45) is 0 Å². The van der Waals surface area contributed by atoms with Crippen LogP contribution in [0.25, 0.3) is 0 Å². The second-order valence-corrected chi connectivity index (χ2v) is 5.78. The molecule has 1 heterocycles. The summed E-state index contributed by atoms with van der Waals surface area (Å²) in [4.78, 5) is 10.2. The molecule has 0 bridgehead atoms. The molecule has 1 fully saturated rings. The van der Waals surface area contributed by atoms with E-state index < -0.39 is 5.97 Å². The van der Waals surface area contributed by atoms with Crippen LogP contribution in [0.15, 0.2) is 24.0 Å². The second-order valence-electron chi connectivity index (χ2n) is 5.78. The Hall–Kier alpha value is -1.25. The highest BCUT2D eigenvalue weighted by atomic mass is 16.6. The number of carbonyl (C=O) groups excluding carboxylic acids is 1. The van der Waals surface area contributed by atoms with Gasteiger partial charge in [0.15, 0.2) is 6.10 Å². The lowest BCUT2D eigenvalue weighted by molar-refractivity contribution is -0.305. The van der Waals surface area contributed by atoms with Gasteiger partial charge in [-0.1, -0.05) is 51.2 Å². The minimum Gasteiger partial charge on any atom is -0.550 e. The average Bonchev–Trinajstić information content (AvgIpc) is 3.20. The summed E-state index contributed by atoms with van der Waals surface area (Å²) < 4.78 is 5.53. The van der Waals surface area contributed by atoms with Gasteiger partial charge in [0.25, 0.3) is 0 Å². The van der Waals surface area contributed by atoms with Gasteiger partial charge in [-0.25, -0.2) is 0 Å². The lowest BCUT2D eigenvalue weighted by Crippen LogP contribution is -2.21. The molecule has 1 aliphatic heterocycles. The van der Waals surface area contributed by atoms with Crippen molar-refractivity contribution in [3.63, 3.8) is 0 Å². The number of rotatable bonds is 13. The first-order valence-corrected chi connectivity index (χ1v) is 8.47. The highest BCUT2D eigenvalue weighted by molar-refractivity contribution is 5.63. The number of unbranched alkanes of at least 4 members (excludes halogenated alkanes) is 7.